The molecule has 0 fully saturated rings. The van der Waals surface area contributed by atoms with E-state index in [9.17, 15) is 0 Å². The molecule has 0 aliphatic rings. The van der Waals surface area contributed by atoms with Gasteiger partial charge in [0.25, 0.3) is 0 Å². The summed E-state index contributed by atoms with van der Waals surface area (Å²) in [7, 11) is 0. The van der Waals surface area contributed by atoms with E-state index in [2.05, 4.69) is 120 Å². The highest BCUT2D eigenvalue weighted by molar-refractivity contribution is 5.48. The van der Waals surface area contributed by atoms with Crippen molar-refractivity contribution < 1.29 is 0 Å². The number of nitrogens with zero attached hydrogens (tertiary/aromatic N) is 3. The van der Waals surface area contributed by atoms with Gasteiger partial charge in [0.1, 0.15) is 34.9 Å². The molecule has 9 nitrogen and oxygen atoms in total. The van der Waals surface area contributed by atoms with Crippen molar-refractivity contribution in [2.75, 3.05) is 31.9 Å². The van der Waals surface area contributed by atoms with Crippen LogP contribution in [0.25, 0.3) is 0 Å². The summed E-state index contributed by atoms with van der Waals surface area (Å²) in [5.74, 6) is 5.26. The highest BCUT2D eigenvalue weighted by Crippen LogP contribution is 2.15. The molecular weight excluding hydrogens is 811 g/mol. The monoisotopic (exact) mass is 867 g/mol. The quantitative estimate of drug-likeness (QED) is 0.0502. The van der Waals surface area contributed by atoms with E-state index >= 15 is 0 Å². The van der Waals surface area contributed by atoms with Gasteiger partial charge in [0.05, 0.1) is 0 Å². The van der Waals surface area contributed by atoms with Crippen LogP contribution in [0, 0.1) is 0 Å². The second kappa shape index (κ2) is 26.3. The van der Waals surface area contributed by atoms with Crippen LogP contribution in [-0.2, 0) is 39.3 Å². The Balaban J connectivity index is 0.000000147. The number of benzene rings is 6. The highest BCUT2D eigenvalue weighted by Gasteiger charge is 2.02. The lowest BCUT2D eigenvalue weighted by Crippen LogP contribution is -2.05. The van der Waals surface area contributed by atoms with Crippen LogP contribution in [0.15, 0.2) is 237 Å². The Morgan fingerprint density at radius 3 is 0.485 bits per heavy atom. The number of anilines is 6. The van der Waals surface area contributed by atoms with E-state index in [1.807, 2.05) is 164 Å². The van der Waals surface area contributed by atoms with Gasteiger partial charge in [0, 0.05) is 39.3 Å². The molecule has 0 aliphatic carbocycles. The van der Waals surface area contributed by atoms with E-state index < -0.39 is 0 Å². The minimum Gasteiger partial charge on any atom is -0.366 e. The minimum absolute atomic E-state index is 0.774. The number of rotatable bonds is 18. The predicted octanol–water partition coefficient (Wildman–Crippen LogP) is 12.9. The van der Waals surface area contributed by atoms with E-state index in [0.717, 1.165) is 74.2 Å². The molecule has 0 spiro atoms. The summed E-state index contributed by atoms with van der Waals surface area (Å²) in [6.07, 6.45) is 0. The molecule has 0 amide bonds. The molecule has 0 unspecified atom stereocenters. The van der Waals surface area contributed by atoms with Crippen molar-refractivity contribution in [3.63, 3.8) is 0 Å². The van der Waals surface area contributed by atoms with Gasteiger partial charge >= 0.3 is 0 Å². The summed E-state index contributed by atoms with van der Waals surface area (Å²) in [6, 6.07) is 79.8. The molecule has 9 heteroatoms. The molecule has 0 atom stereocenters. The Kier molecular flexibility index (Phi) is 18.1. The number of pyridine rings is 3. The number of hydrogen-bond acceptors (Lipinski definition) is 9. The van der Waals surface area contributed by atoms with Crippen molar-refractivity contribution in [3.8, 4) is 0 Å². The highest BCUT2D eigenvalue weighted by atomic mass is 15.1. The Hall–Kier alpha value is -8.43. The third-order valence-corrected chi connectivity index (χ3v) is 10.1. The summed E-state index contributed by atoms with van der Waals surface area (Å²) in [4.78, 5) is 13.7. The van der Waals surface area contributed by atoms with E-state index in [1.165, 1.54) is 33.4 Å². The molecule has 0 saturated heterocycles. The van der Waals surface area contributed by atoms with Gasteiger partial charge in [-0.1, -0.05) is 200 Å². The average Bonchev–Trinajstić information content (AvgIpc) is 3.40. The van der Waals surface area contributed by atoms with Gasteiger partial charge in [-0.3, -0.25) is 0 Å². The van der Waals surface area contributed by atoms with Gasteiger partial charge in [-0.25, -0.2) is 15.0 Å². The molecule has 0 saturated carbocycles. The van der Waals surface area contributed by atoms with Crippen molar-refractivity contribution in [2.45, 2.75) is 39.3 Å². The topological polar surface area (TPSA) is 111 Å². The van der Waals surface area contributed by atoms with Gasteiger partial charge in [-0.2, -0.15) is 0 Å². The van der Waals surface area contributed by atoms with Crippen molar-refractivity contribution in [1.82, 2.24) is 15.0 Å². The second-order valence-electron chi connectivity index (χ2n) is 15.3. The molecule has 6 N–H and O–H groups in total. The lowest BCUT2D eigenvalue weighted by molar-refractivity contribution is 1.08. The number of nitrogens with one attached hydrogen (secondary N) is 6. The fourth-order valence-electron chi connectivity index (χ4n) is 6.63. The SMILES string of the molecule is c1ccc(CNc2cccc(NCc3ccccc3)n2)cc1.c1ccc(CNc2cccc(NCc3ccccc3)n2)cc1.c1ccc(CNc2cccc(NCc3ccccc3)n2)cc1. The molecule has 3 aromatic heterocycles. The second-order valence-corrected chi connectivity index (χ2v) is 15.3. The van der Waals surface area contributed by atoms with Crippen LogP contribution in [0.4, 0.5) is 34.9 Å². The number of hydrogen-bond donors (Lipinski definition) is 6. The maximum absolute atomic E-state index is 4.58. The fourth-order valence-corrected chi connectivity index (χ4v) is 6.63. The first kappa shape index (κ1) is 45.6. The normalized spacial score (nSPS) is 10.2. The van der Waals surface area contributed by atoms with Crippen LogP contribution in [0.5, 0.6) is 0 Å². The van der Waals surface area contributed by atoms with E-state index in [1.54, 1.807) is 0 Å². The Bertz CT molecular complexity index is 2210. The zero-order valence-electron chi connectivity index (χ0n) is 37.1. The molecule has 3 heterocycles. The lowest BCUT2D eigenvalue weighted by Gasteiger charge is -2.09. The van der Waals surface area contributed by atoms with Crippen LogP contribution >= 0.6 is 0 Å². The Morgan fingerprint density at radius 2 is 0.333 bits per heavy atom. The molecular formula is C57H57N9. The molecule has 66 heavy (non-hydrogen) atoms. The van der Waals surface area contributed by atoms with E-state index in [0.29, 0.717) is 0 Å². The molecule has 6 aromatic carbocycles. The van der Waals surface area contributed by atoms with Crippen LogP contribution < -0.4 is 31.9 Å². The van der Waals surface area contributed by atoms with Crippen molar-refractivity contribution in [2.24, 2.45) is 0 Å². The molecule has 0 bridgehead atoms. The Morgan fingerprint density at radius 1 is 0.182 bits per heavy atom. The molecule has 0 radical (unpaired) electrons. The minimum atomic E-state index is 0.774. The van der Waals surface area contributed by atoms with Crippen molar-refractivity contribution >= 4 is 34.9 Å². The summed E-state index contributed by atoms with van der Waals surface area (Å²) < 4.78 is 0. The maximum Gasteiger partial charge on any atom is 0.128 e. The summed E-state index contributed by atoms with van der Waals surface area (Å²) in [5, 5.41) is 20.1. The maximum atomic E-state index is 4.58. The Labute approximate surface area is 389 Å². The lowest BCUT2D eigenvalue weighted by atomic mass is 10.2. The van der Waals surface area contributed by atoms with Gasteiger partial charge < -0.3 is 31.9 Å². The van der Waals surface area contributed by atoms with Crippen LogP contribution in [0.3, 0.4) is 0 Å². The van der Waals surface area contributed by atoms with E-state index in [-0.39, 0.29) is 0 Å². The van der Waals surface area contributed by atoms with Gasteiger partial charge in [-0.05, 0) is 69.8 Å². The first-order chi connectivity index (χ1) is 32.7. The third kappa shape index (κ3) is 16.7. The smallest absolute Gasteiger partial charge is 0.128 e. The zero-order valence-corrected chi connectivity index (χ0v) is 37.1. The largest absolute Gasteiger partial charge is 0.366 e. The van der Waals surface area contributed by atoms with Crippen LogP contribution in [0.2, 0.25) is 0 Å². The van der Waals surface area contributed by atoms with Crippen molar-refractivity contribution in [1.29, 1.82) is 0 Å². The molecule has 9 rings (SSSR count). The van der Waals surface area contributed by atoms with E-state index in [4.69, 9.17) is 0 Å². The van der Waals surface area contributed by atoms with Crippen LogP contribution in [-0.4, -0.2) is 15.0 Å². The third-order valence-electron chi connectivity index (χ3n) is 10.1. The average molecular weight is 868 g/mol. The standard InChI is InChI=1S/3C19H19N3/c3*1-3-8-16(9-4-1)14-20-18-12-7-13-19(22-18)21-15-17-10-5-2-6-11-17/h3*1-13H,14-15H2,(H2,20,21,22). The van der Waals surface area contributed by atoms with Crippen molar-refractivity contribution in [3.05, 3.63) is 270 Å². The van der Waals surface area contributed by atoms with Gasteiger partial charge in [0.2, 0.25) is 0 Å². The molecule has 0 aliphatic heterocycles. The summed E-state index contributed by atoms with van der Waals surface area (Å²) in [5.41, 5.74) is 7.46. The summed E-state index contributed by atoms with van der Waals surface area (Å²) >= 11 is 0. The van der Waals surface area contributed by atoms with Gasteiger partial charge in [-0.15, -0.1) is 0 Å². The predicted molar refractivity (Wildman–Crippen MR) is 275 cm³/mol. The first-order valence-corrected chi connectivity index (χ1v) is 22.3. The van der Waals surface area contributed by atoms with Gasteiger partial charge in [0.15, 0.2) is 0 Å². The fraction of sp³-hybridized carbons (Fsp3) is 0.105. The first-order valence-electron chi connectivity index (χ1n) is 22.3. The number of aromatic nitrogens is 3. The van der Waals surface area contributed by atoms with Crippen LogP contribution in [0.1, 0.15) is 33.4 Å². The molecule has 9 aromatic rings. The summed E-state index contributed by atoms with van der Waals surface area (Å²) in [6.45, 7) is 4.64. The molecule has 330 valence electrons. The zero-order chi connectivity index (χ0) is 45.1.